The minimum Gasteiger partial charge on any atom is -0.393 e. The average molecular weight is 287 g/mol. The number of hydrogen-bond donors (Lipinski definition) is 1. The maximum absolute atomic E-state index is 9.85. The van der Waals surface area contributed by atoms with E-state index >= 15 is 0 Å². The molecular formula is C13H19ClN2OS. The quantitative estimate of drug-likeness (QED) is 0.868. The topological polar surface area (TPSA) is 36.4 Å². The zero-order valence-corrected chi connectivity index (χ0v) is 12.1. The lowest BCUT2D eigenvalue weighted by Gasteiger charge is -2.40. The molecule has 1 N–H and O–H groups in total. The van der Waals surface area contributed by atoms with Gasteiger partial charge in [-0.25, -0.2) is 4.98 Å². The number of aliphatic hydroxyl groups is 1. The number of hydrogen-bond acceptors (Lipinski definition) is 4. The van der Waals surface area contributed by atoms with Crippen LogP contribution in [0.3, 0.4) is 0 Å². The molecule has 3 unspecified atom stereocenters. The normalized spacial score (nSPS) is 33.8. The van der Waals surface area contributed by atoms with Crippen LogP contribution in [0.2, 0.25) is 0 Å². The van der Waals surface area contributed by atoms with E-state index in [-0.39, 0.29) is 6.10 Å². The van der Waals surface area contributed by atoms with Gasteiger partial charge in [-0.1, -0.05) is 0 Å². The van der Waals surface area contributed by atoms with E-state index in [2.05, 4.69) is 22.2 Å². The highest BCUT2D eigenvalue weighted by atomic mass is 35.5. The van der Waals surface area contributed by atoms with Crippen molar-refractivity contribution in [3.05, 3.63) is 16.1 Å². The van der Waals surface area contributed by atoms with E-state index in [1.165, 1.54) is 17.8 Å². The highest BCUT2D eigenvalue weighted by Gasteiger charge is 2.43. The second kappa shape index (κ2) is 5.08. The molecule has 0 radical (unpaired) electrons. The van der Waals surface area contributed by atoms with E-state index in [9.17, 15) is 5.11 Å². The smallest absolute Gasteiger partial charge is 0.110 e. The predicted octanol–water partition coefficient (Wildman–Crippen LogP) is 2.93. The van der Waals surface area contributed by atoms with Crippen molar-refractivity contribution in [1.29, 1.82) is 0 Å². The maximum Gasteiger partial charge on any atom is 0.110 e. The van der Waals surface area contributed by atoms with Crippen molar-refractivity contribution in [3.8, 4) is 0 Å². The molecule has 0 amide bonds. The van der Waals surface area contributed by atoms with Crippen LogP contribution < -0.4 is 0 Å². The number of nitrogens with zero attached hydrogens (tertiary/aromatic N) is 2. The summed E-state index contributed by atoms with van der Waals surface area (Å²) in [4.78, 5) is 7.17. The molecule has 18 heavy (non-hydrogen) atoms. The van der Waals surface area contributed by atoms with Crippen molar-refractivity contribution in [2.45, 2.75) is 62.7 Å². The van der Waals surface area contributed by atoms with Crippen molar-refractivity contribution in [2.24, 2.45) is 0 Å². The Hall–Kier alpha value is -0.160. The molecule has 3 heterocycles. The highest BCUT2D eigenvalue weighted by Crippen LogP contribution is 2.41. The number of aromatic nitrogens is 1. The van der Waals surface area contributed by atoms with Crippen LogP contribution in [0.5, 0.6) is 0 Å². The van der Waals surface area contributed by atoms with E-state index < -0.39 is 0 Å². The summed E-state index contributed by atoms with van der Waals surface area (Å²) < 4.78 is 0. The molecule has 1 aromatic rings. The third-order valence-corrected chi connectivity index (χ3v) is 5.61. The molecular weight excluding hydrogens is 268 g/mol. The van der Waals surface area contributed by atoms with Crippen molar-refractivity contribution in [1.82, 2.24) is 9.88 Å². The van der Waals surface area contributed by atoms with Crippen LogP contribution in [-0.4, -0.2) is 33.2 Å². The minimum absolute atomic E-state index is 0.0966. The SMILES string of the molecule is CC(c1nc(CCl)cs1)N1C2CCC1CC(O)C2. The van der Waals surface area contributed by atoms with Gasteiger partial charge in [0.25, 0.3) is 0 Å². The molecule has 2 bridgehead atoms. The van der Waals surface area contributed by atoms with E-state index in [0.717, 1.165) is 18.5 Å². The number of thiazole rings is 1. The fourth-order valence-corrected chi connectivity index (χ4v) is 4.63. The number of fused-ring (bicyclic) bond motifs is 2. The van der Waals surface area contributed by atoms with E-state index in [0.29, 0.717) is 24.0 Å². The monoisotopic (exact) mass is 286 g/mol. The molecule has 0 spiro atoms. The molecule has 0 aromatic carbocycles. The van der Waals surface area contributed by atoms with Crippen LogP contribution in [0, 0.1) is 0 Å². The molecule has 2 saturated heterocycles. The Kier molecular flexibility index (Phi) is 3.63. The highest BCUT2D eigenvalue weighted by molar-refractivity contribution is 7.09. The number of halogens is 1. The molecule has 5 heteroatoms. The summed E-state index contributed by atoms with van der Waals surface area (Å²) in [5, 5.41) is 13.1. The summed E-state index contributed by atoms with van der Waals surface area (Å²) in [5.74, 6) is 0.495. The standard InChI is InChI=1S/C13H19ClN2OS/c1-8(13-15-9(6-14)7-18-13)16-10-2-3-11(16)5-12(17)4-10/h7-8,10-12,17H,2-6H2,1H3. The summed E-state index contributed by atoms with van der Waals surface area (Å²) in [6.07, 6.45) is 4.20. The van der Waals surface area contributed by atoms with Gasteiger partial charge in [0, 0.05) is 17.5 Å². The zero-order valence-electron chi connectivity index (χ0n) is 10.6. The third-order valence-electron chi connectivity index (χ3n) is 4.28. The molecule has 3 atom stereocenters. The van der Waals surface area contributed by atoms with Gasteiger partial charge in [-0.05, 0) is 32.6 Å². The van der Waals surface area contributed by atoms with E-state index in [4.69, 9.17) is 11.6 Å². The Morgan fingerprint density at radius 2 is 2.17 bits per heavy atom. The zero-order chi connectivity index (χ0) is 12.7. The second-order valence-corrected chi connectivity index (χ2v) is 6.60. The molecule has 3 nitrogen and oxygen atoms in total. The van der Waals surface area contributed by atoms with Crippen LogP contribution in [0.4, 0.5) is 0 Å². The summed E-state index contributed by atoms with van der Waals surface area (Å²) in [6.45, 7) is 2.24. The first-order valence-corrected chi connectivity index (χ1v) is 8.06. The lowest BCUT2D eigenvalue weighted by Crippen LogP contribution is -2.45. The first-order valence-electron chi connectivity index (χ1n) is 6.64. The first-order chi connectivity index (χ1) is 8.69. The molecule has 0 aliphatic carbocycles. The molecule has 3 rings (SSSR count). The summed E-state index contributed by atoms with van der Waals surface area (Å²) >= 11 is 7.53. The van der Waals surface area contributed by atoms with Crippen molar-refractivity contribution in [3.63, 3.8) is 0 Å². The van der Waals surface area contributed by atoms with Crippen LogP contribution in [0.1, 0.15) is 49.4 Å². The van der Waals surface area contributed by atoms with Gasteiger partial charge in [0.2, 0.25) is 0 Å². The molecule has 0 saturated carbocycles. The number of aliphatic hydroxyl groups excluding tert-OH is 1. The fraction of sp³-hybridized carbons (Fsp3) is 0.769. The molecule has 2 aliphatic rings. The maximum atomic E-state index is 9.85. The van der Waals surface area contributed by atoms with Gasteiger partial charge in [0.05, 0.1) is 23.7 Å². The summed E-state index contributed by atoms with van der Waals surface area (Å²) in [7, 11) is 0. The second-order valence-electron chi connectivity index (χ2n) is 5.44. The van der Waals surface area contributed by atoms with Gasteiger partial charge in [-0.2, -0.15) is 0 Å². The Balaban J connectivity index is 1.78. The number of piperidine rings is 1. The van der Waals surface area contributed by atoms with Gasteiger partial charge in [0.15, 0.2) is 0 Å². The van der Waals surface area contributed by atoms with E-state index in [1.807, 2.05) is 0 Å². The molecule has 1 aromatic heterocycles. The molecule has 2 aliphatic heterocycles. The first kappa shape index (κ1) is 12.9. The van der Waals surface area contributed by atoms with Crippen molar-refractivity contribution >= 4 is 22.9 Å². The minimum atomic E-state index is -0.0966. The summed E-state index contributed by atoms with van der Waals surface area (Å²) in [5.41, 5.74) is 0.980. The lowest BCUT2D eigenvalue weighted by atomic mass is 9.98. The Bertz CT molecular complexity index is 411. The predicted molar refractivity (Wildman–Crippen MR) is 74.0 cm³/mol. The number of rotatable bonds is 3. The average Bonchev–Trinajstić information content (AvgIpc) is 2.92. The fourth-order valence-electron chi connectivity index (χ4n) is 3.52. The van der Waals surface area contributed by atoms with Gasteiger partial charge >= 0.3 is 0 Å². The van der Waals surface area contributed by atoms with E-state index in [1.54, 1.807) is 11.3 Å². The van der Waals surface area contributed by atoms with Gasteiger partial charge in [-0.3, -0.25) is 4.90 Å². The van der Waals surface area contributed by atoms with Crippen LogP contribution in [-0.2, 0) is 5.88 Å². The van der Waals surface area contributed by atoms with Crippen LogP contribution in [0.25, 0.3) is 0 Å². The molecule has 2 fully saturated rings. The van der Waals surface area contributed by atoms with Gasteiger partial charge in [-0.15, -0.1) is 22.9 Å². The van der Waals surface area contributed by atoms with Crippen molar-refractivity contribution in [2.75, 3.05) is 0 Å². The largest absolute Gasteiger partial charge is 0.393 e. The lowest BCUT2D eigenvalue weighted by molar-refractivity contribution is 0.0139. The van der Waals surface area contributed by atoms with Crippen molar-refractivity contribution < 1.29 is 5.11 Å². The molecule has 100 valence electrons. The number of alkyl halides is 1. The van der Waals surface area contributed by atoms with Crippen LogP contribution >= 0.6 is 22.9 Å². The van der Waals surface area contributed by atoms with Crippen LogP contribution in [0.15, 0.2) is 5.38 Å². The third kappa shape index (κ3) is 2.20. The Morgan fingerprint density at radius 3 is 2.72 bits per heavy atom. The van der Waals surface area contributed by atoms with Gasteiger partial charge in [0.1, 0.15) is 5.01 Å². The summed E-state index contributed by atoms with van der Waals surface area (Å²) in [6, 6.07) is 1.44. The Labute approximate surface area is 117 Å². The Morgan fingerprint density at radius 1 is 1.50 bits per heavy atom. The van der Waals surface area contributed by atoms with Gasteiger partial charge < -0.3 is 5.11 Å².